The number of nitrogens with zero attached hydrogens (tertiary/aromatic N) is 3. The lowest BCUT2D eigenvalue weighted by Gasteiger charge is -2.29. The highest BCUT2D eigenvalue weighted by Gasteiger charge is 2.24. The zero-order valence-electron chi connectivity index (χ0n) is 19.2. The van der Waals surface area contributed by atoms with E-state index < -0.39 is 0 Å². The molecule has 0 radical (unpaired) electrons. The van der Waals surface area contributed by atoms with Crippen LogP contribution in [0, 0.1) is 12.7 Å². The number of piperidine rings is 1. The van der Waals surface area contributed by atoms with Gasteiger partial charge in [0.15, 0.2) is 0 Å². The van der Waals surface area contributed by atoms with Gasteiger partial charge in [-0.15, -0.1) is 0 Å². The van der Waals surface area contributed by atoms with Gasteiger partial charge in [-0.05, 0) is 62.1 Å². The van der Waals surface area contributed by atoms with E-state index in [4.69, 9.17) is 9.47 Å². The molecule has 2 aromatic carbocycles. The van der Waals surface area contributed by atoms with E-state index in [-0.39, 0.29) is 11.7 Å². The van der Waals surface area contributed by atoms with E-state index in [0.29, 0.717) is 43.0 Å². The molecule has 1 fully saturated rings. The number of aryl methyl sites for hydroxylation is 1. The first-order valence-corrected chi connectivity index (χ1v) is 11.0. The first-order valence-electron chi connectivity index (χ1n) is 11.0. The lowest BCUT2D eigenvalue weighted by Crippen LogP contribution is -2.38. The van der Waals surface area contributed by atoms with Gasteiger partial charge in [0, 0.05) is 30.4 Å². The zero-order chi connectivity index (χ0) is 23.4. The number of hydrogen-bond donors (Lipinski definition) is 0. The van der Waals surface area contributed by atoms with Crippen LogP contribution in [0.3, 0.4) is 0 Å². The van der Waals surface area contributed by atoms with Crippen LogP contribution in [0.2, 0.25) is 0 Å². The van der Waals surface area contributed by atoms with Crippen molar-refractivity contribution in [1.29, 1.82) is 0 Å². The molecule has 1 aliphatic rings. The fraction of sp³-hybridized carbons (Fsp3) is 0.308. The van der Waals surface area contributed by atoms with Crippen LogP contribution in [0.5, 0.6) is 11.5 Å². The number of benzene rings is 2. The summed E-state index contributed by atoms with van der Waals surface area (Å²) in [4.78, 5) is 19.2. The summed E-state index contributed by atoms with van der Waals surface area (Å²) in [5, 5.41) is 0. The Balaban J connectivity index is 1.51. The van der Waals surface area contributed by atoms with Crippen molar-refractivity contribution in [2.75, 3.05) is 27.3 Å². The molecule has 1 amide bonds. The molecule has 1 aromatic heterocycles. The van der Waals surface area contributed by atoms with E-state index in [2.05, 4.69) is 4.98 Å². The number of carbonyl (C=O) groups is 1. The van der Waals surface area contributed by atoms with Crippen LogP contribution < -0.4 is 9.47 Å². The molecule has 7 heteroatoms. The van der Waals surface area contributed by atoms with Gasteiger partial charge in [0.05, 0.1) is 31.9 Å². The Kier molecular flexibility index (Phi) is 6.77. The maximum Gasteiger partial charge on any atom is 0.249 e. The minimum Gasteiger partial charge on any atom is -0.496 e. The fourth-order valence-electron chi connectivity index (χ4n) is 4.19. The normalized spacial score (nSPS) is 15.2. The van der Waals surface area contributed by atoms with Crippen molar-refractivity contribution >= 4 is 12.0 Å². The average molecular weight is 450 g/mol. The molecule has 0 atom stereocenters. The highest BCUT2D eigenvalue weighted by Crippen LogP contribution is 2.28. The number of likely N-dealkylation sites (tertiary alicyclic amines) is 1. The fourth-order valence-corrected chi connectivity index (χ4v) is 4.19. The third-order valence-electron chi connectivity index (χ3n) is 5.90. The molecule has 1 aliphatic heterocycles. The van der Waals surface area contributed by atoms with Crippen LogP contribution in [0.1, 0.15) is 29.7 Å². The molecule has 3 aromatic rings. The summed E-state index contributed by atoms with van der Waals surface area (Å²) in [5.74, 6) is 0.892. The second kappa shape index (κ2) is 9.90. The third kappa shape index (κ3) is 4.92. The standard InChI is InChI=1S/C26H28FN3O3/c1-18-16-30(17-28-18)23-10-9-19(15-25(23)33-3)14-20-6-5-12-29(26(20)31)13-11-21-22(27)7-4-8-24(21)32-2/h4,7-10,14-17H,5-6,11-13H2,1-3H3. The summed E-state index contributed by atoms with van der Waals surface area (Å²) in [5.41, 5.74) is 3.95. The molecule has 172 valence electrons. The van der Waals surface area contributed by atoms with E-state index >= 15 is 0 Å². The molecule has 0 saturated carbocycles. The first-order chi connectivity index (χ1) is 16.0. The van der Waals surface area contributed by atoms with Crippen molar-refractivity contribution in [3.05, 3.63) is 77.1 Å². The summed E-state index contributed by atoms with van der Waals surface area (Å²) in [6, 6.07) is 10.6. The summed E-state index contributed by atoms with van der Waals surface area (Å²) in [6.07, 6.45) is 7.59. The van der Waals surface area contributed by atoms with Crippen molar-refractivity contribution in [1.82, 2.24) is 14.5 Å². The monoisotopic (exact) mass is 449 g/mol. The average Bonchev–Trinajstić information content (AvgIpc) is 3.26. The number of methoxy groups -OCH3 is 2. The summed E-state index contributed by atoms with van der Waals surface area (Å²) >= 11 is 0. The minimum atomic E-state index is -0.310. The Morgan fingerprint density at radius 1 is 1.15 bits per heavy atom. The van der Waals surface area contributed by atoms with Crippen LogP contribution >= 0.6 is 0 Å². The van der Waals surface area contributed by atoms with Crippen molar-refractivity contribution in [2.45, 2.75) is 26.2 Å². The van der Waals surface area contributed by atoms with E-state index in [1.165, 1.54) is 13.2 Å². The molecule has 0 aliphatic carbocycles. The van der Waals surface area contributed by atoms with Crippen molar-refractivity contribution in [3.63, 3.8) is 0 Å². The molecule has 0 N–H and O–H groups in total. The third-order valence-corrected chi connectivity index (χ3v) is 5.90. The number of carbonyl (C=O) groups excluding carboxylic acids is 1. The van der Waals surface area contributed by atoms with Gasteiger partial charge in [0.25, 0.3) is 0 Å². The molecule has 1 saturated heterocycles. The molecule has 6 nitrogen and oxygen atoms in total. The highest BCUT2D eigenvalue weighted by atomic mass is 19.1. The van der Waals surface area contributed by atoms with E-state index in [9.17, 15) is 9.18 Å². The number of amides is 1. The Hall–Kier alpha value is -3.61. The summed E-state index contributed by atoms with van der Waals surface area (Å²) in [6.45, 7) is 3.04. The SMILES string of the molecule is COc1cc(C=C2CCCN(CCc3c(F)cccc3OC)C2=O)ccc1-n1cnc(C)c1. The van der Waals surface area contributed by atoms with Crippen LogP contribution in [-0.2, 0) is 11.2 Å². The van der Waals surface area contributed by atoms with Crippen LogP contribution in [0.4, 0.5) is 4.39 Å². The molecular formula is C26H28FN3O3. The smallest absolute Gasteiger partial charge is 0.249 e. The molecule has 0 bridgehead atoms. The van der Waals surface area contributed by atoms with Gasteiger partial charge in [-0.2, -0.15) is 0 Å². The van der Waals surface area contributed by atoms with Gasteiger partial charge >= 0.3 is 0 Å². The predicted molar refractivity (Wildman–Crippen MR) is 125 cm³/mol. The molecule has 0 unspecified atom stereocenters. The highest BCUT2D eigenvalue weighted by molar-refractivity contribution is 5.98. The second-order valence-electron chi connectivity index (χ2n) is 8.09. The summed E-state index contributed by atoms with van der Waals surface area (Å²) in [7, 11) is 3.16. The number of ether oxygens (including phenoxy) is 2. The molecule has 2 heterocycles. The van der Waals surface area contributed by atoms with Gasteiger partial charge in [0.1, 0.15) is 17.3 Å². The minimum absolute atomic E-state index is 0.00941. The summed E-state index contributed by atoms with van der Waals surface area (Å²) < 4.78 is 27.1. The van der Waals surface area contributed by atoms with Gasteiger partial charge in [0.2, 0.25) is 5.91 Å². The molecule has 33 heavy (non-hydrogen) atoms. The maximum atomic E-state index is 14.3. The lowest BCUT2D eigenvalue weighted by atomic mass is 9.99. The molecule has 4 rings (SSSR count). The zero-order valence-corrected chi connectivity index (χ0v) is 19.2. The number of hydrogen-bond acceptors (Lipinski definition) is 4. The molecular weight excluding hydrogens is 421 g/mol. The van der Waals surface area contributed by atoms with Crippen LogP contribution in [-0.4, -0.2) is 47.7 Å². The Morgan fingerprint density at radius 2 is 1.97 bits per heavy atom. The van der Waals surface area contributed by atoms with Gasteiger partial charge < -0.3 is 18.9 Å². The maximum absolute atomic E-state index is 14.3. The second-order valence-corrected chi connectivity index (χ2v) is 8.09. The number of aromatic nitrogens is 2. The predicted octanol–water partition coefficient (Wildman–Crippen LogP) is 4.59. The van der Waals surface area contributed by atoms with Gasteiger partial charge in [-0.1, -0.05) is 12.1 Å². The van der Waals surface area contributed by atoms with Crippen LogP contribution in [0.15, 0.2) is 54.5 Å². The lowest BCUT2D eigenvalue weighted by molar-refractivity contribution is -0.128. The Morgan fingerprint density at radius 3 is 2.70 bits per heavy atom. The van der Waals surface area contributed by atoms with E-state index in [1.807, 2.05) is 42.0 Å². The number of imidazole rings is 1. The van der Waals surface area contributed by atoms with Crippen molar-refractivity contribution in [2.24, 2.45) is 0 Å². The van der Waals surface area contributed by atoms with E-state index in [0.717, 1.165) is 28.9 Å². The topological polar surface area (TPSA) is 56.6 Å². The largest absolute Gasteiger partial charge is 0.496 e. The Labute approximate surface area is 193 Å². The van der Waals surface area contributed by atoms with Crippen molar-refractivity contribution < 1.29 is 18.7 Å². The quantitative estimate of drug-likeness (QED) is 0.495. The molecule has 0 spiro atoms. The van der Waals surface area contributed by atoms with Crippen molar-refractivity contribution in [3.8, 4) is 17.2 Å². The number of rotatable bonds is 7. The Bertz CT molecular complexity index is 1190. The van der Waals surface area contributed by atoms with Gasteiger partial charge in [-0.3, -0.25) is 4.79 Å². The van der Waals surface area contributed by atoms with E-state index in [1.54, 1.807) is 30.5 Å². The number of halogens is 1. The van der Waals surface area contributed by atoms with Crippen LogP contribution in [0.25, 0.3) is 11.8 Å². The van der Waals surface area contributed by atoms with Gasteiger partial charge in [-0.25, -0.2) is 9.37 Å². The first kappa shape index (κ1) is 22.6.